The van der Waals surface area contributed by atoms with E-state index in [1.165, 1.54) is 6.33 Å². The zero-order valence-electron chi connectivity index (χ0n) is 27.0. The molecule has 256 valence electrons. The van der Waals surface area contributed by atoms with E-state index in [4.69, 9.17) is 10.5 Å². The Morgan fingerprint density at radius 3 is 2.06 bits per heavy atom. The van der Waals surface area contributed by atoms with Crippen LogP contribution in [0, 0.1) is 0 Å². The zero-order chi connectivity index (χ0) is 32.5. The summed E-state index contributed by atoms with van der Waals surface area (Å²) in [6.45, 7) is 5.92. The van der Waals surface area contributed by atoms with Crippen molar-refractivity contribution in [1.82, 2.24) is 19.8 Å². The van der Waals surface area contributed by atoms with Crippen LogP contribution in [0.1, 0.15) is 31.0 Å². The second-order valence-corrected chi connectivity index (χ2v) is 11.9. The van der Waals surface area contributed by atoms with E-state index in [1.807, 2.05) is 83.8 Å². The highest BCUT2D eigenvalue weighted by molar-refractivity contribution is 5.98. The SMILES string of the molecule is CC(C)(N)C(=O)N[C@H](COCc1ccccc1)C(=O)Nc1cn(C(C(=O)N2CCN(c3ccccc3)CC2)c2ccccc2)cn1.Cl.Cl. The van der Waals surface area contributed by atoms with Crippen LogP contribution in [0.5, 0.6) is 0 Å². The molecule has 0 aliphatic carbocycles. The second kappa shape index (κ2) is 17.7. The van der Waals surface area contributed by atoms with Crippen LogP contribution in [-0.2, 0) is 25.7 Å². The fourth-order valence-electron chi connectivity index (χ4n) is 5.23. The number of hydrogen-bond acceptors (Lipinski definition) is 7. The largest absolute Gasteiger partial charge is 0.374 e. The number of piperazine rings is 1. The monoisotopic (exact) mass is 695 g/mol. The van der Waals surface area contributed by atoms with Gasteiger partial charge in [0.15, 0.2) is 5.82 Å². The lowest BCUT2D eigenvalue weighted by atomic mass is 10.0. The number of carbonyl (C=O) groups is 3. The van der Waals surface area contributed by atoms with Crippen LogP contribution in [0.4, 0.5) is 11.5 Å². The van der Waals surface area contributed by atoms with Gasteiger partial charge in [-0.3, -0.25) is 14.4 Å². The van der Waals surface area contributed by atoms with Crippen LogP contribution in [0.15, 0.2) is 104 Å². The summed E-state index contributed by atoms with van der Waals surface area (Å²) in [5.74, 6) is -0.833. The van der Waals surface area contributed by atoms with E-state index in [9.17, 15) is 14.4 Å². The van der Waals surface area contributed by atoms with Gasteiger partial charge < -0.3 is 35.5 Å². The standard InChI is InChI=1S/C35H41N7O4.2ClH/c1-35(2,36)34(45)38-29(24-46-23-26-12-6-3-7-13-26)32(43)39-30-22-42(25-37-30)31(27-14-8-4-9-15-27)33(44)41-20-18-40(19-21-41)28-16-10-5-11-17-28;;/h3-17,22,25,29,31H,18-21,23-24,36H2,1-2H3,(H,38,45)(H,39,43);2*1H/t29-,31?;;/m1../s1. The summed E-state index contributed by atoms with van der Waals surface area (Å²) in [5, 5.41) is 5.47. The number of rotatable bonds is 12. The summed E-state index contributed by atoms with van der Waals surface area (Å²) in [6.07, 6.45) is 3.16. The average molecular weight is 697 g/mol. The molecule has 1 unspecified atom stereocenters. The van der Waals surface area contributed by atoms with Gasteiger partial charge in [0.05, 0.1) is 25.1 Å². The number of nitrogens with one attached hydrogen (secondary N) is 2. The molecule has 2 atom stereocenters. The van der Waals surface area contributed by atoms with Crippen LogP contribution in [0.2, 0.25) is 0 Å². The number of imidazole rings is 1. The van der Waals surface area contributed by atoms with Crippen LogP contribution < -0.4 is 21.3 Å². The zero-order valence-corrected chi connectivity index (χ0v) is 28.7. The van der Waals surface area contributed by atoms with Gasteiger partial charge in [-0.25, -0.2) is 4.98 Å². The lowest BCUT2D eigenvalue weighted by Gasteiger charge is -2.37. The molecular formula is C35H43Cl2N7O4. The van der Waals surface area contributed by atoms with Crippen molar-refractivity contribution in [2.45, 2.75) is 38.1 Å². The molecular weight excluding hydrogens is 653 g/mol. The van der Waals surface area contributed by atoms with Gasteiger partial charge in [-0.1, -0.05) is 78.9 Å². The van der Waals surface area contributed by atoms with Crippen molar-refractivity contribution in [1.29, 1.82) is 0 Å². The topological polar surface area (TPSA) is 135 Å². The predicted molar refractivity (Wildman–Crippen MR) is 191 cm³/mol. The number of halogens is 2. The first-order chi connectivity index (χ1) is 22.2. The van der Waals surface area contributed by atoms with Crippen molar-refractivity contribution in [3.63, 3.8) is 0 Å². The molecule has 48 heavy (non-hydrogen) atoms. The maximum absolute atomic E-state index is 14.0. The van der Waals surface area contributed by atoms with Crippen LogP contribution in [0.3, 0.4) is 0 Å². The Morgan fingerprint density at radius 1 is 0.875 bits per heavy atom. The Bertz CT molecular complexity index is 1590. The Morgan fingerprint density at radius 2 is 1.46 bits per heavy atom. The van der Waals surface area contributed by atoms with Gasteiger partial charge in [0.25, 0.3) is 5.91 Å². The lowest BCUT2D eigenvalue weighted by molar-refractivity contribution is -0.133. The number of anilines is 2. The van der Waals surface area contributed by atoms with E-state index in [0.717, 1.165) is 29.9 Å². The van der Waals surface area contributed by atoms with Crippen molar-refractivity contribution in [3.8, 4) is 0 Å². The van der Waals surface area contributed by atoms with Crippen molar-refractivity contribution in [2.24, 2.45) is 5.73 Å². The third-order valence-corrected chi connectivity index (χ3v) is 7.82. The maximum atomic E-state index is 14.0. The number of carbonyl (C=O) groups excluding carboxylic acids is 3. The van der Waals surface area contributed by atoms with Crippen molar-refractivity contribution in [2.75, 3.05) is 43.0 Å². The van der Waals surface area contributed by atoms with Gasteiger partial charge in [0.1, 0.15) is 12.1 Å². The van der Waals surface area contributed by atoms with Gasteiger partial charge in [-0.2, -0.15) is 0 Å². The number of nitrogens with two attached hydrogens (primary N) is 1. The molecule has 1 aliphatic rings. The Labute approximate surface area is 293 Å². The molecule has 0 saturated carbocycles. The van der Waals surface area contributed by atoms with Crippen LogP contribution >= 0.6 is 24.8 Å². The first-order valence-corrected chi connectivity index (χ1v) is 15.4. The van der Waals surface area contributed by atoms with Crippen LogP contribution in [0.25, 0.3) is 0 Å². The summed E-state index contributed by atoms with van der Waals surface area (Å²) in [7, 11) is 0. The molecule has 2 heterocycles. The molecule has 0 radical (unpaired) electrons. The quantitative estimate of drug-likeness (QED) is 0.204. The van der Waals surface area contributed by atoms with E-state index >= 15 is 0 Å². The molecule has 13 heteroatoms. The summed E-state index contributed by atoms with van der Waals surface area (Å²) in [5.41, 5.74) is 7.66. The minimum absolute atomic E-state index is 0. The summed E-state index contributed by atoms with van der Waals surface area (Å²) in [6, 6.07) is 27.5. The van der Waals surface area contributed by atoms with Gasteiger partial charge >= 0.3 is 0 Å². The van der Waals surface area contributed by atoms with Crippen molar-refractivity contribution < 1.29 is 19.1 Å². The molecule has 1 aliphatic heterocycles. The molecule has 11 nitrogen and oxygen atoms in total. The smallest absolute Gasteiger partial charge is 0.250 e. The molecule has 0 bridgehead atoms. The number of para-hydroxylation sites is 1. The van der Waals surface area contributed by atoms with Crippen molar-refractivity contribution >= 4 is 54.0 Å². The summed E-state index contributed by atoms with van der Waals surface area (Å²) in [4.78, 5) is 48.7. The summed E-state index contributed by atoms with van der Waals surface area (Å²) >= 11 is 0. The van der Waals surface area contributed by atoms with E-state index in [0.29, 0.717) is 13.1 Å². The number of benzene rings is 3. The van der Waals surface area contributed by atoms with E-state index < -0.39 is 29.4 Å². The Hall–Kier alpha value is -4.42. The molecule has 0 spiro atoms. The molecule has 3 amide bonds. The third kappa shape index (κ3) is 10.0. The number of aromatic nitrogens is 2. The minimum Gasteiger partial charge on any atom is -0.374 e. The molecule has 1 fully saturated rings. The first-order valence-electron chi connectivity index (χ1n) is 15.4. The van der Waals surface area contributed by atoms with Gasteiger partial charge in [0.2, 0.25) is 11.8 Å². The number of amides is 3. The molecule has 5 rings (SSSR count). The minimum atomic E-state index is -1.20. The molecule has 1 saturated heterocycles. The molecule has 4 N–H and O–H groups in total. The predicted octanol–water partition coefficient (Wildman–Crippen LogP) is 4.04. The average Bonchev–Trinajstić information content (AvgIpc) is 3.52. The summed E-state index contributed by atoms with van der Waals surface area (Å²) < 4.78 is 7.50. The lowest BCUT2D eigenvalue weighted by Crippen LogP contribution is -2.56. The van der Waals surface area contributed by atoms with Crippen LogP contribution in [-0.4, -0.2) is 76.5 Å². The van der Waals surface area contributed by atoms with E-state index in [-0.39, 0.29) is 49.8 Å². The highest BCUT2D eigenvalue weighted by Crippen LogP contribution is 2.24. The van der Waals surface area contributed by atoms with Gasteiger partial charge in [-0.05, 0) is 37.1 Å². The third-order valence-electron chi connectivity index (χ3n) is 7.82. The normalized spacial score (nSPS) is 14.1. The fraction of sp³-hybridized carbons (Fsp3) is 0.314. The fourth-order valence-corrected chi connectivity index (χ4v) is 5.23. The van der Waals surface area contributed by atoms with Crippen molar-refractivity contribution in [3.05, 3.63) is 115 Å². The highest BCUT2D eigenvalue weighted by Gasteiger charge is 2.32. The van der Waals surface area contributed by atoms with E-state index in [2.05, 4.69) is 32.7 Å². The Balaban J connectivity index is 0.00000312. The molecule has 3 aromatic carbocycles. The maximum Gasteiger partial charge on any atom is 0.250 e. The number of nitrogens with zero attached hydrogens (tertiary/aromatic N) is 4. The highest BCUT2D eigenvalue weighted by atomic mass is 35.5. The first kappa shape index (κ1) is 38.0. The van der Waals surface area contributed by atoms with E-state index in [1.54, 1.807) is 24.6 Å². The van der Waals surface area contributed by atoms with Gasteiger partial charge in [0, 0.05) is 38.1 Å². The molecule has 4 aromatic rings. The second-order valence-electron chi connectivity index (χ2n) is 11.9. The number of hydrogen-bond donors (Lipinski definition) is 3. The number of ether oxygens (including phenoxy) is 1. The Kier molecular flexibility index (Phi) is 14.0. The molecule has 1 aromatic heterocycles. The van der Waals surface area contributed by atoms with Gasteiger partial charge in [-0.15, -0.1) is 24.8 Å².